The molecule has 0 aromatic rings. The van der Waals surface area contributed by atoms with Crippen LogP contribution in [-0.4, -0.2) is 29.9 Å². The van der Waals surface area contributed by atoms with E-state index >= 15 is 0 Å². The number of hydrogen-bond donors (Lipinski definition) is 1. The first-order valence-corrected chi connectivity index (χ1v) is 7.49. The molecule has 3 atom stereocenters. The van der Waals surface area contributed by atoms with Gasteiger partial charge in [-0.15, -0.1) is 12.4 Å². The zero-order chi connectivity index (χ0) is 13.7. The quantitative estimate of drug-likeness (QED) is 0.846. The fraction of sp³-hybridized carbons (Fsp3) is 0.933. The predicted octanol–water partition coefficient (Wildman–Crippen LogP) is 3.07. The fourth-order valence-corrected chi connectivity index (χ4v) is 2.87. The van der Waals surface area contributed by atoms with Crippen molar-refractivity contribution in [2.75, 3.05) is 13.1 Å². The molecule has 4 heteroatoms. The number of hydrogen-bond acceptors (Lipinski definition) is 2. The Labute approximate surface area is 124 Å². The van der Waals surface area contributed by atoms with E-state index < -0.39 is 0 Å². The molecule has 114 valence electrons. The Morgan fingerprint density at radius 3 is 2.47 bits per heavy atom. The maximum Gasteiger partial charge on any atom is 0.222 e. The van der Waals surface area contributed by atoms with Crippen molar-refractivity contribution in [3.05, 3.63) is 0 Å². The normalized spacial score (nSPS) is 22.8. The van der Waals surface area contributed by atoms with Gasteiger partial charge in [0.2, 0.25) is 5.91 Å². The smallest absolute Gasteiger partial charge is 0.222 e. The third-order valence-electron chi connectivity index (χ3n) is 4.46. The van der Waals surface area contributed by atoms with Gasteiger partial charge >= 0.3 is 0 Å². The van der Waals surface area contributed by atoms with E-state index in [0.29, 0.717) is 30.1 Å². The van der Waals surface area contributed by atoms with Crippen LogP contribution in [0.1, 0.15) is 53.4 Å². The van der Waals surface area contributed by atoms with Crippen molar-refractivity contribution < 1.29 is 4.79 Å². The van der Waals surface area contributed by atoms with Gasteiger partial charge in [-0.25, -0.2) is 0 Å². The molecule has 1 rings (SSSR count). The van der Waals surface area contributed by atoms with E-state index in [1.807, 2.05) is 4.90 Å². The summed E-state index contributed by atoms with van der Waals surface area (Å²) >= 11 is 0. The highest BCUT2D eigenvalue weighted by Crippen LogP contribution is 2.23. The van der Waals surface area contributed by atoms with Gasteiger partial charge in [-0.1, -0.05) is 27.2 Å². The van der Waals surface area contributed by atoms with Crippen LogP contribution in [-0.2, 0) is 4.79 Å². The van der Waals surface area contributed by atoms with Gasteiger partial charge in [0.25, 0.3) is 0 Å². The molecule has 1 saturated heterocycles. The van der Waals surface area contributed by atoms with Gasteiger partial charge in [0, 0.05) is 25.6 Å². The fourth-order valence-electron chi connectivity index (χ4n) is 2.87. The Morgan fingerprint density at radius 2 is 2.00 bits per heavy atom. The van der Waals surface area contributed by atoms with E-state index in [1.165, 1.54) is 6.42 Å². The lowest BCUT2D eigenvalue weighted by molar-refractivity contribution is -0.134. The number of likely N-dealkylation sites (tertiary alicyclic amines) is 1. The SMILES string of the molecule is CCC(CC(=O)N1CCCC(C(C)N)C1)C(C)C.Cl. The Bertz CT molecular complexity index is 269. The van der Waals surface area contributed by atoms with Crippen LogP contribution < -0.4 is 5.73 Å². The highest BCUT2D eigenvalue weighted by molar-refractivity contribution is 5.85. The molecule has 0 bridgehead atoms. The molecule has 0 spiro atoms. The van der Waals surface area contributed by atoms with Gasteiger partial charge in [-0.05, 0) is 37.5 Å². The summed E-state index contributed by atoms with van der Waals surface area (Å²) in [7, 11) is 0. The molecule has 0 saturated carbocycles. The van der Waals surface area contributed by atoms with E-state index in [-0.39, 0.29) is 18.4 Å². The van der Waals surface area contributed by atoms with Crippen LogP contribution in [0.3, 0.4) is 0 Å². The number of piperidine rings is 1. The average Bonchev–Trinajstić information content (AvgIpc) is 2.35. The number of halogens is 1. The molecule has 1 fully saturated rings. The maximum absolute atomic E-state index is 12.3. The van der Waals surface area contributed by atoms with Crippen LogP contribution in [0, 0.1) is 17.8 Å². The second kappa shape index (κ2) is 8.80. The van der Waals surface area contributed by atoms with Gasteiger partial charge in [0.15, 0.2) is 0 Å². The average molecular weight is 291 g/mol. The lowest BCUT2D eigenvalue weighted by Crippen LogP contribution is -2.45. The largest absolute Gasteiger partial charge is 0.342 e. The Morgan fingerprint density at radius 1 is 1.37 bits per heavy atom. The monoisotopic (exact) mass is 290 g/mol. The lowest BCUT2D eigenvalue weighted by Gasteiger charge is -2.35. The summed E-state index contributed by atoms with van der Waals surface area (Å²) < 4.78 is 0. The molecular formula is C15H31ClN2O. The topological polar surface area (TPSA) is 46.3 Å². The van der Waals surface area contributed by atoms with Crippen LogP contribution in [0.5, 0.6) is 0 Å². The summed E-state index contributed by atoms with van der Waals surface area (Å²) in [6.45, 7) is 10.5. The number of nitrogens with zero attached hydrogens (tertiary/aromatic N) is 1. The van der Waals surface area contributed by atoms with Crippen molar-refractivity contribution in [1.29, 1.82) is 0 Å². The summed E-state index contributed by atoms with van der Waals surface area (Å²) in [5.41, 5.74) is 5.97. The standard InChI is InChI=1S/C15H30N2O.ClH/c1-5-13(11(2)3)9-15(18)17-8-6-7-14(10-17)12(4)16;/h11-14H,5-10,16H2,1-4H3;1H. The molecule has 1 aliphatic rings. The van der Waals surface area contributed by atoms with Crippen molar-refractivity contribution in [2.24, 2.45) is 23.5 Å². The van der Waals surface area contributed by atoms with Crippen molar-refractivity contribution in [3.63, 3.8) is 0 Å². The van der Waals surface area contributed by atoms with Crippen LogP contribution in [0.2, 0.25) is 0 Å². The molecule has 1 aliphatic heterocycles. The second-order valence-corrected chi connectivity index (χ2v) is 6.22. The molecule has 2 N–H and O–H groups in total. The minimum Gasteiger partial charge on any atom is -0.342 e. The zero-order valence-electron chi connectivity index (χ0n) is 12.9. The maximum atomic E-state index is 12.3. The molecule has 0 aromatic carbocycles. The highest BCUT2D eigenvalue weighted by atomic mass is 35.5. The first kappa shape index (κ1) is 18.7. The highest BCUT2D eigenvalue weighted by Gasteiger charge is 2.27. The predicted molar refractivity (Wildman–Crippen MR) is 83.4 cm³/mol. The van der Waals surface area contributed by atoms with Crippen molar-refractivity contribution >= 4 is 18.3 Å². The minimum atomic E-state index is 0. The third kappa shape index (κ3) is 5.70. The van der Waals surface area contributed by atoms with Crippen LogP contribution in [0.25, 0.3) is 0 Å². The van der Waals surface area contributed by atoms with E-state index in [9.17, 15) is 4.79 Å². The first-order valence-electron chi connectivity index (χ1n) is 7.49. The van der Waals surface area contributed by atoms with E-state index in [1.54, 1.807) is 0 Å². The summed E-state index contributed by atoms with van der Waals surface area (Å²) in [5, 5.41) is 0. The molecule has 0 aliphatic carbocycles. The summed E-state index contributed by atoms with van der Waals surface area (Å²) in [5.74, 6) is 1.93. The van der Waals surface area contributed by atoms with Gasteiger partial charge in [0.05, 0.1) is 0 Å². The van der Waals surface area contributed by atoms with E-state index in [4.69, 9.17) is 5.73 Å². The van der Waals surface area contributed by atoms with Crippen LogP contribution in [0.4, 0.5) is 0 Å². The van der Waals surface area contributed by atoms with Crippen molar-refractivity contribution in [3.8, 4) is 0 Å². The van der Waals surface area contributed by atoms with Gasteiger partial charge < -0.3 is 10.6 Å². The number of amides is 1. The van der Waals surface area contributed by atoms with E-state index in [2.05, 4.69) is 27.7 Å². The Hall–Kier alpha value is -0.280. The molecule has 3 unspecified atom stereocenters. The molecular weight excluding hydrogens is 260 g/mol. The number of rotatable bonds is 5. The third-order valence-corrected chi connectivity index (χ3v) is 4.46. The zero-order valence-corrected chi connectivity index (χ0v) is 13.7. The molecule has 19 heavy (non-hydrogen) atoms. The van der Waals surface area contributed by atoms with Crippen LogP contribution >= 0.6 is 12.4 Å². The molecule has 0 aromatic heterocycles. The van der Waals surface area contributed by atoms with Gasteiger partial charge in [0.1, 0.15) is 0 Å². The summed E-state index contributed by atoms with van der Waals surface area (Å²) in [4.78, 5) is 14.4. The first-order chi connectivity index (χ1) is 8.45. The lowest BCUT2D eigenvalue weighted by atomic mass is 9.88. The van der Waals surface area contributed by atoms with E-state index in [0.717, 1.165) is 25.9 Å². The van der Waals surface area contributed by atoms with Gasteiger partial charge in [-0.3, -0.25) is 4.79 Å². The van der Waals surface area contributed by atoms with Crippen molar-refractivity contribution in [1.82, 2.24) is 4.90 Å². The molecule has 3 nitrogen and oxygen atoms in total. The number of carbonyl (C=O) groups excluding carboxylic acids is 1. The van der Waals surface area contributed by atoms with Crippen molar-refractivity contribution in [2.45, 2.75) is 59.4 Å². The number of carbonyl (C=O) groups is 1. The molecule has 0 radical (unpaired) electrons. The second-order valence-electron chi connectivity index (χ2n) is 6.22. The summed E-state index contributed by atoms with van der Waals surface area (Å²) in [6.07, 6.45) is 4.08. The Balaban J connectivity index is 0.00000324. The molecule has 1 amide bonds. The van der Waals surface area contributed by atoms with Crippen LogP contribution in [0.15, 0.2) is 0 Å². The van der Waals surface area contributed by atoms with Gasteiger partial charge in [-0.2, -0.15) is 0 Å². The minimum absolute atomic E-state index is 0. The molecule has 1 heterocycles. The Kier molecular flexibility index (Phi) is 8.67. The number of nitrogens with two attached hydrogens (primary N) is 1. The summed E-state index contributed by atoms with van der Waals surface area (Å²) in [6, 6.07) is 0.202.